The van der Waals surface area contributed by atoms with E-state index in [-0.39, 0.29) is 17.1 Å². The van der Waals surface area contributed by atoms with Gasteiger partial charge < -0.3 is 20.3 Å². The molecular weight excluding hydrogens is 246 g/mol. The molecule has 98 valence electrons. The highest BCUT2D eigenvalue weighted by molar-refractivity contribution is 6.05. The number of rotatable bonds is 3. The van der Waals surface area contributed by atoms with Gasteiger partial charge in [0, 0.05) is 11.6 Å². The van der Waals surface area contributed by atoms with Gasteiger partial charge in [0.15, 0.2) is 0 Å². The van der Waals surface area contributed by atoms with Crippen molar-refractivity contribution in [1.29, 1.82) is 0 Å². The summed E-state index contributed by atoms with van der Waals surface area (Å²) in [6.45, 7) is 0. The first-order chi connectivity index (χ1) is 9.10. The van der Waals surface area contributed by atoms with Crippen molar-refractivity contribution in [1.82, 2.24) is 0 Å². The van der Waals surface area contributed by atoms with E-state index in [1.165, 1.54) is 19.2 Å². The van der Waals surface area contributed by atoms with E-state index in [9.17, 15) is 15.0 Å². The van der Waals surface area contributed by atoms with Crippen LogP contribution in [0.25, 0.3) is 0 Å². The smallest absolute Gasteiger partial charge is 0.256 e. The summed E-state index contributed by atoms with van der Waals surface area (Å²) in [5.41, 5.74) is 0.668. The molecule has 5 nitrogen and oxygen atoms in total. The topological polar surface area (TPSA) is 78.8 Å². The van der Waals surface area contributed by atoms with Crippen LogP contribution in [0.15, 0.2) is 42.5 Å². The quantitative estimate of drug-likeness (QED) is 0.790. The molecule has 0 heterocycles. The minimum atomic E-state index is -0.448. The zero-order valence-corrected chi connectivity index (χ0v) is 10.3. The first-order valence-corrected chi connectivity index (χ1v) is 5.57. The van der Waals surface area contributed by atoms with E-state index in [0.717, 1.165) is 6.07 Å². The van der Waals surface area contributed by atoms with Crippen LogP contribution in [0.4, 0.5) is 5.69 Å². The van der Waals surface area contributed by atoms with Gasteiger partial charge in [-0.2, -0.15) is 0 Å². The van der Waals surface area contributed by atoms with Crippen LogP contribution in [0.1, 0.15) is 10.4 Å². The lowest BCUT2D eigenvalue weighted by Crippen LogP contribution is -2.12. The Morgan fingerprint density at radius 2 is 1.74 bits per heavy atom. The lowest BCUT2D eigenvalue weighted by atomic mass is 10.2. The van der Waals surface area contributed by atoms with E-state index in [1.54, 1.807) is 24.3 Å². The van der Waals surface area contributed by atoms with E-state index in [0.29, 0.717) is 11.4 Å². The van der Waals surface area contributed by atoms with Gasteiger partial charge in [-0.1, -0.05) is 12.1 Å². The van der Waals surface area contributed by atoms with Crippen molar-refractivity contribution in [3.05, 3.63) is 48.0 Å². The van der Waals surface area contributed by atoms with Gasteiger partial charge >= 0.3 is 0 Å². The number of aromatic hydroxyl groups is 2. The SMILES string of the molecule is COc1ccccc1NC(=O)c1cc(O)cc(O)c1. The molecule has 0 unspecified atom stereocenters. The molecule has 2 rings (SSSR count). The molecule has 19 heavy (non-hydrogen) atoms. The number of phenolic OH excluding ortho intramolecular Hbond substituents is 2. The minimum Gasteiger partial charge on any atom is -0.508 e. The van der Waals surface area contributed by atoms with Gasteiger partial charge in [-0.25, -0.2) is 0 Å². The molecule has 1 amide bonds. The monoisotopic (exact) mass is 259 g/mol. The Morgan fingerprint density at radius 3 is 2.37 bits per heavy atom. The Hall–Kier alpha value is -2.69. The average Bonchev–Trinajstić information content (AvgIpc) is 2.38. The van der Waals surface area contributed by atoms with Crippen LogP contribution in [0.3, 0.4) is 0 Å². The Kier molecular flexibility index (Phi) is 3.56. The maximum absolute atomic E-state index is 12.0. The van der Waals surface area contributed by atoms with Crippen molar-refractivity contribution >= 4 is 11.6 Å². The highest BCUT2D eigenvalue weighted by Gasteiger charge is 2.11. The lowest BCUT2D eigenvalue weighted by molar-refractivity contribution is 0.102. The number of hydrogen-bond acceptors (Lipinski definition) is 4. The maximum atomic E-state index is 12.0. The molecule has 0 spiro atoms. The van der Waals surface area contributed by atoms with Crippen LogP contribution in [-0.2, 0) is 0 Å². The largest absolute Gasteiger partial charge is 0.508 e. The molecule has 0 aromatic heterocycles. The summed E-state index contributed by atoms with van der Waals surface area (Å²) in [6, 6.07) is 10.6. The summed E-state index contributed by atoms with van der Waals surface area (Å²) >= 11 is 0. The fraction of sp³-hybridized carbons (Fsp3) is 0.0714. The van der Waals surface area contributed by atoms with Crippen LogP contribution < -0.4 is 10.1 Å². The number of benzene rings is 2. The average molecular weight is 259 g/mol. The van der Waals surface area contributed by atoms with Gasteiger partial charge in [-0.05, 0) is 24.3 Å². The summed E-state index contributed by atoms with van der Waals surface area (Å²) in [5.74, 6) is -0.272. The number of carbonyl (C=O) groups is 1. The number of hydrogen-bond donors (Lipinski definition) is 3. The maximum Gasteiger partial charge on any atom is 0.256 e. The van der Waals surface area contributed by atoms with Crippen molar-refractivity contribution in [3.8, 4) is 17.2 Å². The molecule has 2 aromatic carbocycles. The van der Waals surface area contributed by atoms with E-state index in [1.807, 2.05) is 0 Å². The van der Waals surface area contributed by atoms with Gasteiger partial charge in [-0.15, -0.1) is 0 Å². The standard InChI is InChI=1S/C14H13NO4/c1-19-13-5-3-2-4-12(13)15-14(18)9-6-10(16)8-11(17)7-9/h2-8,16-17H,1H3,(H,15,18). The Bertz CT molecular complexity index is 590. The molecule has 0 fully saturated rings. The zero-order chi connectivity index (χ0) is 13.8. The molecule has 0 saturated carbocycles. The second-order valence-corrected chi connectivity index (χ2v) is 3.89. The van der Waals surface area contributed by atoms with E-state index in [2.05, 4.69) is 5.32 Å². The van der Waals surface area contributed by atoms with Crippen molar-refractivity contribution in [2.24, 2.45) is 0 Å². The second kappa shape index (κ2) is 5.30. The highest BCUT2D eigenvalue weighted by atomic mass is 16.5. The summed E-state index contributed by atoms with van der Waals surface area (Å²) in [7, 11) is 1.51. The van der Waals surface area contributed by atoms with Crippen LogP contribution in [-0.4, -0.2) is 23.2 Å². The zero-order valence-electron chi connectivity index (χ0n) is 10.3. The number of anilines is 1. The number of para-hydroxylation sites is 2. The molecule has 5 heteroatoms. The number of nitrogens with one attached hydrogen (secondary N) is 1. The van der Waals surface area contributed by atoms with Gasteiger partial charge in [-0.3, -0.25) is 4.79 Å². The molecule has 3 N–H and O–H groups in total. The second-order valence-electron chi connectivity index (χ2n) is 3.89. The number of methoxy groups -OCH3 is 1. The third kappa shape index (κ3) is 2.95. The summed E-state index contributed by atoms with van der Waals surface area (Å²) in [5, 5.41) is 21.3. The highest BCUT2D eigenvalue weighted by Crippen LogP contribution is 2.25. The molecule has 0 bridgehead atoms. The van der Waals surface area contributed by atoms with E-state index >= 15 is 0 Å². The number of ether oxygens (including phenoxy) is 1. The van der Waals surface area contributed by atoms with Crippen LogP contribution in [0, 0.1) is 0 Å². The van der Waals surface area contributed by atoms with E-state index in [4.69, 9.17) is 4.74 Å². The third-order valence-electron chi connectivity index (χ3n) is 2.52. The van der Waals surface area contributed by atoms with Gasteiger partial charge in [0.1, 0.15) is 17.2 Å². The summed E-state index contributed by atoms with van der Waals surface area (Å²) < 4.78 is 5.12. The fourth-order valence-electron chi connectivity index (χ4n) is 1.67. The predicted octanol–water partition coefficient (Wildman–Crippen LogP) is 2.36. The van der Waals surface area contributed by atoms with Crippen LogP contribution in [0.5, 0.6) is 17.2 Å². The Morgan fingerprint density at radius 1 is 1.11 bits per heavy atom. The van der Waals surface area contributed by atoms with Gasteiger partial charge in [0.05, 0.1) is 12.8 Å². The fourth-order valence-corrected chi connectivity index (χ4v) is 1.67. The van der Waals surface area contributed by atoms with E-state index < -0.39 is 5.91 Å². The molecule has 0 aliphatic rings. The molecule has 0 atom stereocenters. The van der Waals surface area contributed by atoms with Crippen molar-refractivity contribution in [3.63, 3.8) is 0 Å². The molecule has 2 aromatic rings. The summed E-state index contributed by atoms with van der Waals surface area (Å²) in [6.07, 6.45) is 0. The predicted molar refractivity (Wildman–Crippen MR) is 70.7 cm³/mol. The van der Waals surface area contributed by atoms with Crippen LogP contribution in [0.2, 0.25) is 0 Å². The van der Waals surface area contributed by atoms with Gasteiger partial charge in [0.2, 0.25) is 0 Å². The van der Waals surface area contributed by atoms with Crippen molar-refractivity contribution in [2.45, 2.75) is 0 Å². The van der Waals surface area contributed by atoms with Crippen molar-refractivity contribution < 1.29 is 19.7 Å². The number of amides is 1. The van der Waals surface area contributed by atoms with Crippen molar-refractivity contribution in [2.75, 3.05) is 12.4 Å². The molecule has 0 aliphatic carbocycles. The molecule has 0 aliphatic heterocycles. The Balaban J connectivity index is 2.25. The first-order valence-electron chi connectivity index (χ1n) is 5.57. The molecule has 0 radical (unpaired) electrons. The Labute approximate surface area is 110 Å². The normalized spacial score (nSPS) is 9.95. The molecular formula is C14H13NO4. The minimum absolute atomic E-state index is 0.156. The third-order valence-corrected chi connectivity index (χ3v) is 2.52. The van der Waals surface area contributed by atoms with Gasteiger partial charge in [0.25, 0.3) is 5.91 Å². The first kappa shape index (κ1) is 12.8. The summed E-state index contributed by atoms with van der Waals surface area (Å²) in [4.78, 5) is 12.0. The number of phenols is 2. The lowest BCUT2D eigenvalue weighted by Gasteiger charge is -2.10. The van der Waals surface area contributed by atoms with Crippen LogP contribution >= 0.6 is 0 Å². The number of carbonyl (C=O) groups excluding carboxylic acids is 1. The molecule has 0 saturated heterocycles.